The molecule has 0 saturated heterocycles. The van der Waals surface area contributed by atoms with Gasteiger partial charge in [0.05, 0.1) is 26.1 Å². The number of benzene rings is 1. The van der Waals surface area contributed by atoms with Gasteiger partial charge in [0.1, 0.15) is 5.69 Å². The van der Waals surface area contributed by atoms with E-state index in [2.05, 4.69) is 20.7 Å². The number of thiophene rings is 1. The lowest BCUT2D eigenvalue weighted by molar-refractivity contribution is 0.0950. The first-order valence-corrected chi connectivity index (χ1v) is 8.60. The van der Waals surface area contributed by atoms with Crippen molar-refractivity contribution in [3.8, 4) is 22.8 Å². The van der Waals surface area contributed by atoms with E-state index in [-0.39, 0.29) is 5.91 Å². The standard InChI is InChI=1S/C18H18N4O3S/c1-11-4-6-13(26-11)10-19-22-18(23)15-9-14(20-21-15)12-5-7-16(24-2)17(8-12)25-3/h4-10H,1-3H3,(H,20,21)(H,22,23). The van der Waals surface area contributed by atoms with Gasteiger partial charge in [-0.1, -0.05) is 0 Å². The fraction of sp³-hybridized carbons (Fsp3) is 0.167. The van der Waals surface area contributed by atoms with Crippen LogP contribution in [0.5, 0.6) is 11.5 Å². The van der Waals surface area contributed by atoms with Gasteiger partial charge < -0.3 is 9.47 Å². The number of amides is 1. The molecule has 134 valence electrons. The summed E-state index contributed by atoms with van der Waals surface area (Å²) in [5.74, 6) is 0.853. The number of aryl methyl sites for hydroxylation is 1. The summed E-state index contributed by atoms with van der Waals surface area (Å²) in [4.78, 5) is 14.3. The molecule has 1 aromatic carbocycles. The fourth-order valence-corrected chi connectivity index (χ4v) is 3.07. The number of methoxy groups -OCH3 is 2. The number of aromatic amines is 1. The Morgan fingerprint density at radius 3 is 2.69 bits per heavy atom. The number of hydrazone groups is 1. The Kier molecular flexibility index (Phi) is 5.33. The second-order valence-electron chi connectivity index (χ2n) is 5.38. The van der Waals surface area contributed by atoms with Gasteiger partial charge in [-0.3, -0.25) is 9.89 Å². The van der Waals surface area contributed by atoms with Gasteiger partial charge in [-0.25, -0.2) is 5.43 Å². The molecule has 0 aliphatic rings. The number of ether oxygens (including phenoxy) is 2. The molecule has 8 heteroatoms. The molecule has 0 saturated carbocycles. The minimum Gasteiger partial charge on any atom is -0.493 e. The SMILES string of the molecule is COc1ccc(-c2cc(C(=O)NN=Cc3ccc(C)s3)[nH]n2)cc1OC. The maximum Gasteiger partial charge on any atom is 0.289 e. The molecule has 0 bridgehead atoms. The molecule has 0 aliphatic carbocycles. The molecule has 0 atom stereocenters. The Balaban J connectivity index is 1.71. The van der Waals surface area contributed by atoms with Crippen molar-refractivity contribution in [3.05, 3.63) is 51.8 Å². The van der Waals surface area contributed by atoms with Crippen LogP contribution in [0.2, 0.25) is 0 Å². The monoisotopic (exact) mass is 370 g/mol. The molecule has 2 N–H and O–H groups in total. The van der Waals surface area contributed by atoms with Crippen molar-refractivity contribution in [1.82, 2.24) is 15.6 Å². The maximum absolute atomic E-state index is 12.2. The van der Waals surface area contributed by atoms with Crippen molar-refractivity contribution >= 4 is 23.5 Å². The first-order chi connectivity index (χ1) is 12.6. The smallest absolute Gasteiger partial charge is 0.289 e. The predicted molar refractivity (Wildman–Crippen MR) is 101 cm³/mol. The van der Waals surface area contributed by atoms with Crippen molar-refractivity contribution in [3.63, 3.8) is 0 Å². The number of hydrogen-bond acceptors (Lipinski definition) is 6. The zero-order chi connectivity index (χ0) is 18.5. The van der Waals surface area contributed by atoms with E-state index in [0.717, 1.165) is 10.4 Å². The zero-order valence-electron chi connectivity index (χ0n) is 14.6. The first kappa shape index (κ1) is 17.7. The van der Waals surface area contributed by atoms with Crippen LogP contribution >= 0.6 is 11.3 Å². The number of aromatic nitrogens is 2. The minimum absolute atomic E-state index is 0.314. The average Bonchev–Trinajstić information content (AvgIpc) is 3.30. The number of hydrogen-bond donors (Lipinski definition) is 2. The number of carbonyl (C=O) groups is 1. The normalized spacial score (nSPS) is 10.9. The Morgan fingerprint density at radius 2 is 2.00 bits per heavy atom. The second-order valence-corrected chi connectivity index (χ2v) is 6.70. The zero-order valence-corrected chi connectivity index (χ0v) is 15.4. The molecule has 0 radical (unpaired) electrons. The highest BCUT2D eigenvalue weighted by Gasteiger charge is 2.12. The lowest BCUT2D eigenvalue weighted by Gasteiger charge is -2.08. The molecule has 0 spiro atoms. The highest BCUT2D eigenvalue weighted by atomic mass is 32.1. The topological polar surface area (TPSA) is 88.6 Å². The molecular weight excluding hydrogens is 352 g/mol. The number of carbonyl (C=O) groups excluding carboxylic acids is 1. The molecular formula is C18H18N4O3S. The van der Waals surface area contributed by atoms with E-state index >= 15 is 0 Å². The summed E-state index contributed by atoms with van der Waals surface area (Å²) in [5, 5.41) is 10.9. The van der Waals surface area contributed by atoms with Crippen molar-refractivity contribution in [2.45, 2.75) is 6.92 Å². The Hall–Kier alpha value is -3.13. The third-order valence-electron chi connectivity index (χ3n) is 3.62. The van der Waals surface area contributed by atoms with Crippen molar-refractivity contribution < 1.29 is 14.3 Å². The van der Waals surface area contributed by atoms with Gasteiger partial charge in [-0.05, 0) is 43.3 Å². The number of nitrogens with one attached hydrogen (secondary N) is 2. The number of rotatable bonds is 6. The first-order valence-electron chi connectivity index (χ1n) is 7.78. The van der Waals surface area contributed by atoms with Crippen LogP contribution in [0, 0.1) is 6.92 Å². The van der Waals surface area contributed by atoms with E-state index < -0.39 is 0 Å². The van der Waals surface area contributed by atoms with Gasteiger partial charge in [0.25, 0.3) is 5.91 Å². The largest absolute Gasteiger partial charge is 0.493 e. The summed E-state index contributed by atoms with van der Waals surface area (Å²) in [6.45, 7) is 2.01. The van der Waals surface area contributed by atoms with Gasteiger partial charge in [-0.15, -0.1) is 11.3 Å². The van der Waals surface area contributed by atoms with Crippen molar-refractivity contribution in [1.29, 1.82) is 0 Å². The van der Waals surface area contributed by atoms with Crippen LogP contribution in [0.1, 0.15) is 20.2 Å². The molecule has 0 aliphatic heterocycles. The van der Waals surface area contributed by atoms with E-state index in [0.29, 0.717) is 22.9 Å². The lowest BCUT2D eigenvalue weighted by atomic mass is 10.1. The van der Waals surface area contributed by atoms with Gasteiger partial charge >= 0.3 is 0 Å². The van der Waals surface area contributed by atoms with E-state index in [1.54, 1.807) is 50.0 Å². The Labute approximate surface area is 154 Å². The average molecular weight is 370 g/mol. The number of nitrogens with zero attached hydrogens (tertiary/aromatic N) is 2. The van der Waals surface area contributed by atoms with E-state index in [9.17, 15) is 4.79 Å². The summed E-state index contributed by atoms with van der Waals surface area (Å²) in [6.07, 6.45) is 1.61. The summed E-state index contributed by atoms with van der Waals surface area (Å²) in [5.41, 5.74) is 4.22. The van der Waals surface area contributed by atoms with Gasteiger partial charge in [0.15, 0.2) is 11.5 Å². The molecule has 7 nitrogen and oxygen atoms in total. The maximum atomic E-state index is 12.2. The fourth-order valence-electron chi connectivity index (χ4n) is 2.32. The van der Waals surface area contributed by atoms with Gasteiger partial charge in [-0.2, -0.15) is 10.2 Å². The summed E-state index contributed by atoms with van der Waals surface area (Å²) >= 11 is 1.60. The van der Waals surface area contributed by atoms with Crippen LogP contribution in [0.25, 0.3) is 11.3 Å². The van der Waals surface area contributed by atoms with Crippen molar-refractivity contribution in [2.75, 3.05) is 14.2 Å². The van der Waals surface area contributed by atoms with Crippen LogP contribution in [-0.4, -0.2) is 36.5 Å². The molecule has 26 heavy (non-hydrogen) atoms. The van der Waals surface area contributed by atoms with Crippen LogP contribution in [0.3, 0.4) is 0 Å². The second kappa shape index (κ2) is 7.83. The molecule has 2 heterocycles. The molecule has 3 rings (SSSR count). The molecule has 3 aromatic rings. The van der Waals surface area contributed by atoms with Crippen LogP contribution in [-0.2, 0) is 0 Å². The predicted octanol–water partition coefficient (Wildman–Crippen LogP) is 3.23. The third-order valence-corrected chi connectivity index (χ3v) is 4.56. The third kappa shape index (κ3) is 3.92. The minimum atomic E-state index is -0.367. The highest BCUT2D eigenvalue weighted by Crippen LogP contribution is 2.31. The van der Waals surface area contributed by atoms with E-state index in [1.807, 2.05) is 25.1 Å². The van der Waals surface area contributed by atoms with E-state index in [1.165, 1.54) is 4.88 Å². The molecule has 1 amide bonds. The molecule has 0 fully saturated rings. The summed E-state index contributed by atoms with van der Waals surface area (Å²) in [7, 11) is 3.14. The van der Waals surface area contributed by atoms with Crippen LogP contribution in [0.4, 0.5) is 0 Å². The van der Waals surface area contributed by atoms with Crippen LogP contribution in [0.15, 0.2) is 41.5 Å². The Bertz CT molecular complexity index is 946. The lowest BCUT2D eigenvalue weighted by Crippen LogP contribution is -2.17. The quantitative estimate of drug-likeness (QED) is 0.515. The Morgan fingerprint density at radius 1 is 1.19 bits per heavy atom. The van der Waals surface area contributed by atoms with Crippen molar-refractivity contribution in [2.24, 2.45) is 5.10 Å². The summed E-state index contributed by atoms with van der Waals surface area (Å²) in [6, 6.07) is 11.0. The summed E-state index contributed by atoms with van der Waals surface area (Å²) < 4.78 is 10.5. The number of H-pyrrole nitrogens is 1. The van der Waals surface area contributed by atoms with E-state index in [4.69, 9.17) is 9.47 Å². The molecule has 2 aromatic heterocycles. The van der Waals surface area contributed by atoms with Gasteiger partial charge in [0.2, 0.25) is 0 Å². The van der Waals surface area contributed by atoms with Crippen LogP contribution < -0.4 is 14.9 Å². The highest BCUT2D eigenvalue weighted by molar-refractivity contribution is 7.13. The molecule has 0 unspecified atom stereocenters. The van der Waals surface area contributed by atoms with Gasteiger partial charge in [0, 0.05) is 15.3 Å².